The van der Waals surface area contributed by atoms with Gasteiger partial charge in [-0.15, -0.1) is 0 Å². The molecule has 0 fully saturated rings. The molecule has 92 valence electrons. The molecular formula is C9H10IN3O4. The molecule has 17 heavy (non-hydrogen) atoms. The van der Waals surface area contributed by atoms with E-state index < -0.39 is 10.9 Å². The molecule has 1 heterocycles. The molecule has 0 saturated heterocycles. The molecule has 0 amide bonds. The number of rotatable bonds is 5. The predicted molar refractivity (Wildman–Crippen MR) is 68.7 cm³/mol. The number of carbonyl (C=O) groups excluding carboxylic acids is 1. The topological polar surface area (TPSA) is 94.4 Å². The lowest BCUT2D eigenvalue weighted by Gasteiger charge is -2.05. The van der Waals surface area contributed by atoms with Gasteiger partial charge < -0.3 is 10.1 Å². The molecule has 8 heteroatoms. The van der Waals surface area contributed by atoms with Crippen molar-refractivity contribution in [1.29, 1.82) is 0 Å². The molecule has 1 aromatic rings. The van der Waals surface area contributed by atoms with Gasteiger partial charge in [0, 0.05) is 15.8 Å². The van der Waals surface area contributed by atoms with Crippen molar-refractivity contribution in [1.82, 2.24) is 4.98 Å². The smallest absolute Gasteiger partial charge is 0.325 e. The van der Waals surface area contributed by atoms with Crippen LogP contribution in [-0.4, -0.2) is 29.0 Å². The van der Waals surface area contributed by atoms with Crippen LogP contribution in [0.25, 0.3) is 0 Å². The normalized spacial score (nSPS) is 9.76. The quantitative estimate of drug-likeness (QED) is 0.375. The van der Waals surface area contributed by atoms with Crippen molar-refractivity contribution in [3.05, 3.63) is 25.9 Å². The molecule has 0 bridgehead atoms. The molecule has 0 spiro atoms. The maximum atomic E-state index is 11.1. The van der Waals surface area contributed by atoms with Crippen LogP contribution in [-0.2, 0) is 9.53 Å². The lowest BCUT2D eigenvalue weighted by Crippen LogP contribution is -2.18. The summed E-state index contributed by atoms with van der Waals surface area (Å²) < 4.78 is 5.34. The van der Waals surface area contributed by atoms with Gasteiger partial charge in [-0.25, -0.2) is 4.98 Å². The van der Waals surface area contributed by atoms with Crippen molar-refractivity contribution >= 4 is 40.1 Å². The highest BCUT2D eigenvalue weighted by atomic mass is 127. The Labute approximate surface area is 111 Å². The zero-order valence-electron chi connectivity index (χ0n) is 8.97. The van der Waals surface area contributed by atoms with Crippen LogP contribution in [0.5, 0.6) is 0 Å². The van der Waals surface area contributed by atoms with Crippen molar-refractivity contribution in [2.45, 2.75) is 6.92 Å². The van der Waals surface area contributed by atoms with Gasteiger partial charge in [0.05, 0.1) is 11.5 Å². The van der Waals surface area contributed by atoms with E-state index in [1.165, 1.54) is 12.3 Å². The second kappa shape index (κ2) is 6.33. The number of nitrogens with one attached hydrogen (secondary N) is 1. The third-order valence-corrected chi connectivity index (χ3v) is 2.33. The summed E-state index contributed by atoms with van der Waals surface area (Å²) in [5.41, 5.74) is -0.166. The SMILES string of the molecule is CCOC(=O)CNc1ncc(I)cc1[N+](=O)[O-]. The zero-order chi connectivity index (χ0) is 12.8. The summed E-state index contributed by atoms with van der Waals surface area (Å²) in [7, 11) is 0. The van der Waals surface area contributed by atoms with Gasteiger partial charge in [0.15, 0.2) is 0 Å². The van der Waals surface area contributed by atoms with E-state index in [4.69, 9.17) is 0 Å². The number of hydrogen-bond donors (Lipinski definition) is 1. The van der Waals surface area contributed by atoms with Crippen molar-refractivity contribution < 1.29 is 14.5 Å². The summed E-state index contributed by atoms with van der Waals surface area (Å²) >= 11 is 1.92. The van der Waals surface area contributed by atoms with Gasteiger partial charge in [-0.05, 0) is 29.5 Å². The van der Waals surface area contributed by atoms with Crippen LogP contribution >= 0.6 is 22.6 Å². The van der Waals surface area contributed by atoms with Gasteiger partial charge >= 0.3 is 11.7 Å². The summed E-state index contributed by atoms with van der Waals surface area (Å²) in [6.45, 7) is 1.80. The number of carbonyl (C=O) groups is 1. The molecule has 0 unspecified atom stereocenters. The second-order valence-electron chi connectivity index (χ2n) is 2.94. The van der Waals surface area contributed by atoms with E-state index in [2.05, 4.69) is 15.0 Å². The van der Waals surface area contributed by atoms with E-state index in [0.717, 1.165) is 0 Å². The molecule has 0 aliphatic rings. The van der Waals surface area contributed by atoms with Gasteiger partial charge in [-0.3, -0.25) is 14.9 Å². The average molecular weight is 351 g/mol. The van der Waals surface area contributed by atoms with Gasteiger partial charge in [-0.2, -0.15) is 0 Å². The fourth-order valence-electron chi connectivity index (χ4n) is 1.07. The molecule has 0 atom stereocenters. The molecule has 0 radical (unpaired) electrons. The van der Waals surface area contributed by atoms with E-state index in [1.54, 1.807) is 6.92 Å². The van der Waals surface area contributed by atoms with Crippen LogP contribution in [0.2, 0.25) is 0 Å². The maximum Gasteiger partial charge on any atom is 0.325 e. The molecule has 0 aliphatic heterocycles. The molecule has 1 rings (SSSR count). The number of ether oxygens (including phenoxy) is 1. The molecule has 0 aromatic carbocycles. The second-order valence-corrected chi connectivity index (χ2v) is 4.18. The summed E-state index contributed by atoms with van der Waals surface area (Å²) in [5, 5.41) is 13.3. The average Bonchev–Trinajstić information content (AvgIpc) is 2.27. The van der Waals surface area contributed by atoms with Crippen LogP contribution in [0.1, 0.15) is 6.92 Å². The third-order valence-electron chi connectivity index (χ3n) is 1.74. The first-order chi connectivity index (χ1) is 8.04. The summed E-state index contributed by atoms with van der Waals surface area (Å²) in [5.74, 6) is -0.425. The van der Waals surface area contributed by atoms with Crippen molar-refractivity contribution in [3.8, 4) is 0 Å². The maximum absolute atomic E-state index is 11.1. The summed E-state index contributed by atoms with van der Waals surface area (Å²) in [6.07, 6.45) is 1.47. The molecule has 7 nitrogen and oxygen atoms in total. The minimum Gasteiger partial charge on any atom is -0.465 e. The fourth-order valence-corrected chi connectivity index (χ4v) is 1.51. The van der Waals surface area contributed by atoms with Crippen molar-refractivity contribution in [2.24, 2.45) is 0 Å². The monoisotopic (exact) mass is 351 g/mol. The molecular weight excluding hydrogens is 341 g/mol. The number of nitro groups is 1. The van der Waals surface area contributed by atoms with Gasteiger partial charge in [0.1, 0.15) is 6.54 Å². The molecule has 0 aliphatic carbocycles. The minimum atomic E-state index is -0.553. The number of pyridine rings is 1. The Kier molecular flexibility index (Phi) is 5.07. The number of hydrogen-bond acceptors (Lipinski definition) is 6. The third kappa shape index (κ3) is 4.13. The van der Waals surface area contributed by atoms with Gasteiger partial charge in [0.25, 0.3) is 0 Å². The predicted octanol–water partition coefficient (Wildman–Crippen LogP) is 1.57. The first-order valence-corrected chi connectivity index (χ1v) is 5.82. The Bertz CT molecular complexity index is 438. The Morgan fingerprint density at radius 1 is 1.71 bits per heavy atom. The first-order valence-electron chi connectivity index (χ1n) is 4.74. The molecule has 1 N–H and O–H groups in total. The minimum absolute atomic E-state index is 0.0588. The van der Waals surface area contributed by atoms with Crippen molar-refractivity contribution in [3.63, 3.8) is 0 Å². The van der Waals surface area contributed by atoms with E-state index >= 15 is 0 Å². The van der Waals surface area contributed by atoms with Crippen LogP contribution in [0.15, 0.2) is 12.3 Å². The molecule has 0 saturated carbocycles. The van der Waals surface area contributed by atoms with Crippen LogP contribution < -0.4 is 5.32 Å². The first kappa shape index (κ1) is 13.6. The van der Waals surface area contributed by atoms with Crippen molar-refractivity contribution in [2.75, 3.05) is 18.5 Å². The highest BCUT2D eigenvalue weighted by Crippen LogP contribution is 2.23. The largest absolute Gasteiger partial charge is 0.465 e. The van der Waals surface area contributed by atoms with Crippen LogP contribution in [0.4, 0.5) is 11.5 Å². The Balaban J connectivity index is 2.77. The van der Waals surface area contributed by atoms with E-state index in [0.29, 0.717) is 3.57 Å². The Morgan fingerprint density at radius 2 is 2.41 bits per heavy atom. The highest BCUT2D eigenvalue weighted by Gasteiger charge is 2.16. The van der Waals surface area contributed by atoms with Crippen LogP contribution in [0.3, 0.4) is 0 Å². The number of aromatic nitrogens is 1. The Hall–Kier alpha value is -1.45. The Morgan fingerprint density at radius 3 is 3.00 bits per heavy atom. The summed E-state index contributed by atoms with van der Waals surface area (Å²) in [6, 6.07) is 1.38. The fraction of sp³-hybridized carbons (Fsp3) is 0.333. The van der Waals surface area contributed by atoms with E-state index in [1.807, 2.05) is 22.6 Å². The standard InChI is InChI=1S/C9H10IN3O4/c1-2-17-8(14)5-12-9-7(13(15)16)3-6(10)4-11-9/h3-4H,2,5H2,1H3,(H,11,12). The van der Waals surface area contributed by atoms with E-state index in [-0.39, 0.29) is 24.7 Å². The van der Waals surface area contributed by atoms with Crippen LogP contribution in [0, 0.1) is 13.7 Å². The highest BCUT2D eigenvalue weighted by molar-refractivity contribution is 14.1. The van der Waals surface area contributed by atoms with Gasteiger partial charge in [0.2, 0.25) is 5.82 Å². The zero-order valence-corrected chi connectivity index (χ0v) is 11.1. The lowest BCUT2D eigenvalue weighted by atomic mass is 10.4. The molecule has 1 aromatic heterocycles. The number of esters is 1. The number of halogens is 1. The number of anilines is 1. The lowest BCUT2D eigenvalue weighted by molar-refractivity contribution is -0.384. The summed E-state index contributed by atoms with van der Waals surface area (Å²) in [4.78, 5) is 25.1. The van der Waals surface area contributed by atoms with E-state index in [9.17, 15) is 14.9 Å². The van der Waals surface area contributed by atoms with Gasteiger partial charge in [-0.1, -0.05) is 0 Å². The number of nitrogens with zero attached hydrogens (tertiary/aromatic N) is 2.